The minimum absolute atomic E-state index is 0.0576. The fraction of sp³-hybridized carbons (Fsp3) is 0.417. The smallest absolute Gasteiger partial charge is 0.251 e. The molecule has 0 radical (unpaired) electrons. The van der Waals surface area contributed by atoms with Crippen LogP contribution in [0.4, 0.5) is 0 Å². The molecular formula is C24H31N3O. The van der Waals surface area contributed by atoms with E-state index < -0.39 is 0 Å². The number of carbonyl (C=O) groups is 1. The molecule has 2 aromatic carbocycles. The minimum atomic E-state index is -0.156. The second kappa shape index (κ2) is 9.54. The first kappa shape index (κ1) is 20.1. The topological polar surface area (TPSA) is 46.9 Å². The van der Waals surface area contributed by atoms with Crippen LogP contribution in [0.25, 0.3) is 11.0 Å². The number of hydrogen-bond acceptors (Lipinski definition) is 2. The van der Waals surface area contributed by atoms with E-state index in [1.54, 1.807) is 0 Å². The first-order valence-electron chi connectivity index (χ1n) is 10.4. The molecule has 0 aliphatic heterocycles. The molecule has 0 aliphatic rings. The summed E-state index contributed by atoms with van der Waals surface area (Å²) < 4.78 is 2.28. The Morgan fingerprint density at radius 2 is 1.86 bits per heavy atom. The van der Waals surface area contributed by atoms with Gasteiger partial charge in [-0.05, 0) is 44.5 Å². The van der Waals surface area contributed by atoms with Gasteiger partial charge in [0.15, 0.2) is 0 Å². The molecule has 4 heteroatoms. The molecule has 1 heterocycles. The Hall–Kier alpha value is -2.62. The molecule has 3 rings (SSSR count). The number of hydrogen-bond donors (Lipinski definition) is 1. The quantitative estimate of drug-likeness (QED) is 0.479. The van der Waals surface area contributed by atoms with Crippen LogP contribution in [0.2, 0.25) is 0 Å². The van der Waals surface area contributed by atoms with Crippen molar-refractivity contribution in [3.05, 3.63) is 65.5 Å². The Labute approximate surface area is 168 Å². The van der Waals surface area contributed by atoms with Crippen LogP contribution in [0, 0.1) is 6.92 Å². The van der Waals surface area contributed by atoms with E-state index in [0.29, 0.717) is 5.56 Å². The summed E-state index contributed by atoms with van der Waals surface area (Å²) in [5.41, 5.74) is 3.90. The number of rotatable bonds is 9. The van der Waals surface area contributed by atoms with E-state index in [1.165, 1.54) is 25.7 Å². The van der Waals surface area contributed by atoms with Gasteiger partial charge in [-0.1, -0.05) is 62.4 Å². The summed E-state index contributed by atoms with van der Waals surface area (Å²) in [6.45, 7) is 7.19. The molecule has 0 spiro atoms. The zero-order valence-electron chi connectivity index (χ0n) is 17.2. The second-order valence-electron chi connectivity index (χ2n) is 7.59. The van der Waals surface area contributed by atoms with Gasteiger partial charge in [-0.3, -0.25) is 4.79 Å². The zero-order valence-corrected chi connectivity index (χ0v) is 17.2. The number of aryl methyl sites for hydroxylation is 2. The van der Waals surface area contributed by atoms with Crippen LogP contribution in [0.1, 0.15) is 73.7 Å². The van der Waals surface area contributed by atoms with Gasteiger partial charge in [0.05, 0.1) is 17.1 Å². The Kier molecular flexibility index (Phi) is 6.85. The number of fused-ring (bicyclic) bond motifs is 1. The lowest BCUT2D eigenvalue weighted by Gasteiger charge is -2.16. The van der Waals surface area contributed by atoms with E-state index in [1.807, 2.05) is 50.2 Å². The third-order valence-corrected chi connectivity index (χ3v) is 5.18. The third kappa shape index (κ3) is 4.80. The van der Waals surface area contributed by atoms with E-state index in [0.717, 1.165) is 35.4 Å². The van der Waals surface area contributed by atoms with Gasteiger partial charge in [0.25, 0.3) is 5.91 Å². The largest absolute Gasteiger partial charge is 0.342 e. The molecule has 4 nitrogen and oxygen atoms in total. The van der Waals surface area contributed by atoms with Gasteiger partial charge in [-0.2, -0.15) is 0 Å². The van der Waals surface area contributed by atoms with Crippen molar-refractivity contribution in [3.8, 4) is 0 Å². The molecule has 1 atom stereocenters. The highest BCUT2D eigenvalue weighted by Gasteiger charge is 2.19. The molecule has 0 bridgehead atoms. The molecule has 1 amide bonds. The Morgan fingerprint density at radius 3 is 2.64 bits per heavy atom. The van der Waals surface area contributed by atoms with Crippen molar-refractivity contribution in [2.24, 2.45) is 0 Å². The molecule has 0 aliphatic carbocycles. The number of imidazole rings is 1. The number of nitrogens with zero attached hydrogens (tertiary/aromatic N) is 2. The number of aromatic nitrogens is 2. The lowest BCUT2D eigenvalue weighted by Crippen LogP contribution is -2.28. The molecule has 1 unspecified atom stereocenters. The van der Waals surface area contributed by atoms with Crippen molar-refractivity contribution in [2.75, 3.05) is 0 Å². The van der Waals surface area contributed by atoms with Crippen LogP contribution >= 0.6 is 0 Å². The maximum atomic E-state index is 12.7. The van der Waals surface area contributed by atoms with Crippen LogP contribution in [0.3, 0.4) is 0 Å². The van der Waals surface area contributed by atoms with Gasteiger partial charge >= 0.3 is 0 Å². The fourth-order valence-electron chi connectivity index (χ4n) is 3.66. The summed E-state index contributed by atoms with van der Waals surface area (Å²) in [7, 11) is 0. The summed E-state index contributed by atoms with van der Waals surface area (Å²) in [6, 6.07) is 15.8. The van der Waals surface area contributed by atoms with E-state index in [2.05, 4.69) is 28.9 Å². The van der Waals surface area contributed by atoms with Crippen molar-refractivity contribution < 1.29 is 4.79 Å². The Morgan fingerprint density at radius 1 is 1.07 bits per heavy atom. The number of nitrogens with one attached hydrogen (secondary N) is 1. The van der Waals surface area contributed by atoms with Crippen LogP contribution in [0.5, 0.6) is 0 Å². The zero-order chi connectivity index (χ0) is 19.9. The fourth-order valence-corrected chi connectivity index (χ4v) is 3.66. The maximum Gasteiger partial charge on any atom is 0.251 e. The predicted molar refractivity (Wildman–Crippen MR) is 116 cm³/mol. The molecule has 28 heavy (non-hydrogen) atoms. The van der Waals surface area contributed by atoms with Crippen molar-refractivity contribution >= 4 is 16.9 Å². The monoisotopic (exact) mass is 377 g/mol. The molecule has 148 valence electrons. The summed E-state index contributed by atoms with van der Waals surface area (Å²) >= 11 is 0. The van der Waals surface area contributed by atoms with E-state index in [-0.39, 0.29) is 11.9 Å². The van der Waals surface area contributed by atoms with Crippen LogP contribution < -0.4 is 5.32 Å². The lowest BCUT2D eigenvalue weighted by molar-refractivity contribution is 0.0937. The predicted octanol–water partition coefficient (Wildman–Crippen LogP) is 5.81. The first-order chi connectivity index (χ1) is 13.6. The first-order valence-corrected chi connectivity index (χ1v) is 10.4. The van der Waals surface area contributed by atoms with Gasteiger partial charge in [0.2, 0.25) is 0 Å². The van der Waals surface area contributed by atoms with Crippen molar-refractivity contribution in [1.29, 1.82) is 0 Å². The number of carbonyl (C=O) groups excluding carboxylic acids is 1. The van der Waals surface area contributed by atoms with Crippen LogP contribution in [-0.4, -0.2) is 15.5 Å². The average Bonchev–Trinajstić information content (AvgIpc) is 3.06. The Balaban J connectivity index is 1.78. The van der Waals surface area contributed by atoms with Crippen LogP contribution in [0.15, 0.2) is 48.5 Å². The Bertz CT molecular complexity index is 928. The van der Waals surface area contributed by atoms with Crippen molar-refractivity contribution in [1.82, 2.24) is 14.9 Å². The highest BCUT2D eigenvalue weighted by molar-refractivity contribution is 5.94. The normalized spacial score (nSPS) is 12.2. The van der Waals surface area contributed by atoms with Gasteiger partial charge in [-0.25, -0.2) is 4.98 Å². The van der Waals surface area contributed by atoms with Gasteiger partial charge in [0.1, 0.15) is 5.82 Å². The maximum absolute atomic E-state index is 12.7. The number of amides is 1. The second-order valence-corrected chi connectivity index (χ2v) is 7.59. The van der Waals surface area contributed by atoms with Gasteiger partial charge in [-0.15, -0.1) is 0 Å². The highest BCUT2D eigenvalue weighted by Crippen LogP contribution is 2.22. The molecule has 0 saturated carbocycles. The van der Waals surface area contributed by atoms with Crippen molar-refractivity contribution in [2.45, 2.75) is 65.5 Å². The third-order valence-electron chi connectivity index (χ3n) is 5.18. The number of unbranched alkanes of at least 4 members (excludes halogenated alkanes) is 4. The highest BCUT2D eigenvalue weighted by atomic mass is 16.1. The summed E-state index contributed by atoms with van der Waals surface area (Å²) in [5, 5.41) is 3.13. The number of benzene rings is 2. The minimum Gasteiger partial charge on any atom is -0.342 e. The van der Waals surface area contributed by atoms with Crippen LogP contribution in [-0.2, 0) is 6.54 Å². The molecule has 0 fully saturated rings. The van der Waals surface area contributed by atoms with Gasteiger partial charge < -0.3 is 9.88 Å². The molecule has 1 N–H and O–H groups in total. The molecule has 3 aromatic rings. The summed E-state index contributed by atoms with van der Waals surface area (Å²) in [4.78, 5) is 17.5. The standard InChI is InChI=1S/C24H31N3O/c1-4-5-6-7-10-16-27-22-15-9-8-14-21(22)26-23(27)19(3)25-24(28)20-13-11-12-18(2)17-20/h8-9,11-15,17,19H,4-7,10,16H2,1-3H3,(H,25,28). The lowest BCUT2D eigenvalue weighted by atomic mass is 10.1. The molecular weight excluding hydrogens is 346 g/mol. The molecule has 1 aromatic heterocycles. The number of para-hydroxylation sites is 2. The van der Waals surface area contributed by atoms with E-state index in [9.17, 15) is 4.79 Å². The van der Waals surface area contributed by atoms with E-state index >= 15 is 0 Å². The summed E-state index contributed by atoms with van der Waals surface area (Å²) in [6.07, 6.45) is 6.18. The van der Waals surface area contributed by atoms with Gasteiger partial charge in [0, 0.05) is 12.1 Å². The SMILES string of the molecule is CCCCCCCn1c(C(C)NC(=O)c2cccc(C)c2)nc2ccccc21. The van der Waals surface area contributed by atoms with E-state index in [4.69, 9.17) is 4.98 Å². The average molecular weight is 378 g/mol. The molecule has 0 saturated heterocycles. The summed E-state index contributed by atoms with van der Waals surface area (Å²) in [5.74, 6) is 0.871. The van der Waals surface area contributed by atoms with Crippen molar-refractivity contribution in [3.63, 3.8) is 0 Å².